The van der Waals surface area contributed by atoms with Crippen LogP contribution in [0.25, 0.3) is 0 Å². The highest BCUT2D eigenvalue weighted by atomic mass is 16.3. The summed E-state index contributed by atoms with van der Waals surface area (Å²) >= 11 is 0. The van der Waals surface area contributed by atoms with E-state index in [1.807, 2.05) is 13.8 Å². The van der Waals surface area contributed by atoms with E-state index in [1.54, 1.807) is 0 Å². The van der Waals surface area contributed by atoms with Crippen LogP contribution in [0.3, 0.4) is 0 Å². The van der Waals surface area contributed by atoms with E-state index < -0.39 is 0 Å². The van der Waals surface area contributed by atoms with Crippen molar-refractivity contribution in [2.75, 3.05) is 0 Å². The zero-order chi connectivity index (χ0) is 11.1. The van der Waals surface area contributed by atoms with Crippen molar-refractivity contribution in [2.24, 2.45) is 11.8 Å². The Balaban J connectivity index is 4.00. The van der Waals surface area contributed by atoms with Crippen molar-refractivity contribution in [1.29, 1.82) is 0 Å². The standard InChI is InChI=1S/C12H26O2/c1-5-11(7-9(3)13)8-12(6-2)10(4)14/h9-14H,5-8H2,1-4H3. The molecular weight excluding hydrogens is 176 g/mol. The fourth-order valence-electron chi connectivity index (χ4n) is 2.04. The first kappa shape index (κ1) is 13.9. The molecule has 2 N–H and O–H groups in total. The van der Waals surface area contributed by atoms with Crippen LogP contribution in [0.4, 0.5) is 0 Å². The first-order chi connectivity index (χ1) is 6.51. The molecule has 0 spiro atoms. The molecule has 0 bridgehead atoms. The predicted molar refractivity (Wildman–Crippen MR) is 60.2 cm³/mol. The summed E-state index contributed by atoms with van der Waals surface area (Å²) in [5, 5.41) is 18.8. The van der Waals surface area contributed by atoms with Gasteiger partial charge in [0.1, 0.15) is 0 Å². The summed E-state index contributed by atoms with van der Waals surface area (Å²) < 4.78 is 0. The molecule has 0 fully saturated rings. The van der Waals surface area contributed by atoms with Crippen LogP contribution in [0.1, 0.15) is 53.4 Å². The van der Waals surface area contributed by atoms with Gasteiger partial charge in [-0.3, -0.25) is 0 Å². The molecule has 0 aliphatic rings. The summed E-state index contributed by atoms with van der Waals surface area (Å²) in [7, 11) is 0. The smallest absolute Gasteiger partial charge is 0.0540 e. The van der Waals surface area contributed by atoms with Crippen LogP contribution in [0.15, 0.2) is 0 Å². The summed E-state index contributed by atoms with van der Waals surface area (Å²) in [6, 6.07) is 0. The van der Waals surface area contributed by atoms with Crippen LogP contribution >= 0.6 is 0 Å². The zero-order valence-electron chi connectivity index (χ0n) is 10.0. The third-order valence-corrected chi connectivity index (χ3v) is 3.09. The van der Waals surface area contributed by atoms with Gasteiger partial charge in [0.25, 0.3) is 0 Å². The molecule has 2 heteroatoms. The Hall–Kier alpha value is -0.0800. The second-order valence-electron chi connectivity index (χ2n) is 4.50. The van der Waals surface area contributed by atoms with Crippen molar-refractivity contribution in [3.63, 3.8) is 0 Å². The second-order valence-corrected chi connectivity index (χ2v) is 4.50. The van der Waals surface area contributed by atoms with Gasteiger partial charge in [-0.1, -0.05) is 26.7 Å². The van der Waals surface area contributed by atoms with E-state index in [9.17, 15) is 10.2 Å². The molecule has 0 saturated heterocycles. The van der Waals surface area contributed by atoms with Crippen molar-refractivity contribution in [3.05, 3.63) is 0 Å². The van der Waals surface area contributed by atoms with Crippen LogP contribution in [0.2, 0.25) is 0 Å². The summed E-state index contributed by atoms with van der Waals surface area (Å²) in [4.78, 5) is 0. The molecule has 86 valence electrons. The molecule has 0 rings (SSSR count). The Morgan fingerprint density at radius 1 is 0.929 bits per heavy atom. The lowest BCUT2D eigenvalue weighted by atomic mass is 9.85. The van der Waals surface area contributed by atoms with Crippen molar-refractivity contribution >= 4 is 0 Å². The van der Waals surface area contributed by atoms with Gasteiger partial charge in [0.15, 0.2) is 0 Å². The minimum absolute atomic E-state index is 0.216. The Bertz CT molecular complexity index is 132. The Labute approximate surface area is 88.3 Å². The van der Waals surface area contributed by atoms with Crippen LogP contribution in [-0.2, 0) is 0 Å². The largest absolute Gasteiger partial charge is 0.393 e. The predicted octanol–water partition coefficient (Wildman–Crippen LogP) is 2.58. The molecule has 0 aromatic carbocycles. The van der Waals surface area contributed by atoms with Gasteiger partial charge in [0, 0.05) is 0 Å². The SMILES string of the molecule is CCC(CC(C)O)CC(CC)C(C)O. The summed E-state index contributed by atoms with van der Waals surface area (Å²) in [6.45, 7) is 7.98. The summed E-state index contributed by atoms with van der Waals surface area (Å²) in [6.07, 6.45) is 3.58. The molecule has 0 aromatic rings. The Kier molecular flexibility index (Phi) is 7.20. The summed E-state index contributed by atoms with van der Waals surface area (Å²) in [5.74, 6) is 0.938. The third kappa shape index (κ3) is 5.61. The number of rotatable bonds is 7. The summed E-state index contributed by atoms with van der Waals surface area (Å²) in [5.41, 5.74) is 0. The average molecular weight is 202 g/mol. The van der Waals surface area contributed by atoms with E-state index >= 15 is 0 Å². The number of hydrogen-bond acceptors (Lipinski definition) is 2. The fraction of sp³-hybridized carbons (Fsp3) is 1.00. The topological polar surface area (TPSA) is 40.5 Å². The van der Waals surface area contributed by atoms with Crippen LogP contribution in [0.5, 0.6) is 0 Å². The first-order valence-electron chi connectivity index (χ1n) is 5.87. The van der Waals surface area contributed by atoms with Crippen molar-refractivity contribution in [1.82, 2.24) is 0 Å². The molecule has 0 aliphatic carbocycles. The van der Waals surface area contributed by atoms with Gasteiger partial charge < -0.3 is 10.2 Å². The van der Waals surface area contributed by atoms with Crippen molar-refractivity contribution < 1.29 is 10.2 Å². The van der Waals surface area contributed by atoms with E-state index in [2.05, 4.69) is 13.8 Å². The normalized spacial score (nSPS) is 20.1. The van der Waals surface area contributed by atoms with Gasteiger partial charge in [0.05, 0.1) is 12.2 Å². The average Bonchev–Trinajstić information content (AvgIpc) is 2.10. The van der Waals surface area contributed by atoms with Crippen LogP contribution < -0.4 is 0 Å². The second kappa shape index (κ2) is 7.24. The molecule has 0 heterocycles. The number of aliphatic hydroxyl groups excluding tert-OH is 2. The highest BCUT2D eigenvalue weighted by molar-refractivity contribution is 4.70. The molecule has 0 saturated carbocycles. The molecule has 2 nitrogen and oxygen atoms in total. The minimum atomic E-state index is -0.219. The van der Waals surface area contributed by atoms with Gasteiger partial charge in [-0.25, -0.2) is 0 Å². The van der Waals surface area contributed by atoms with Crippen LogP contribution in [-0.4, -0.2) is 22.4 Å². The monoisotopic (exact) mass is 202 g/mol. The lowest BCUT2D eigenvalue weighted by Crippen LogP contribution is -2.21. The molecule has 4 atom stereocenters. The van der Waals surface area contributed by atoms with Crippen molar-refractivity contribution in [3.8, 4) is 0 Å². The molecule has 0 aliphatic heterocycles. The fourth-order valence-corrected chi connectivity index (χ4v) is 2.04. The van der Waals surface area contributed by atoms with E-state index in [0.29, 0.717) is 11.8 Å². The lowest BCUT2D eigenvalue weighted by Gasteiger charge is -2.24. The maximum Gasteiger partial charge on any atom is 0.0540 e. The third-order valence-electron chi connectivity index (χ3n) is 3.09. The number of hydrogen-bond donors (Lipinski definition) is 2. The first-order valence-corrected chi connectivity index (χ1v) is 5.87. The van der Waals surface area contributed by atoms with Gasteiger partial charge in [-0.2, -0.15) is 0 Å². The molecular formula is C12H26O2. The molecule has 0 aromatic heterocycles. The van der Waals surface area contributed by atoms with E-state index in [1.165, 1.54) is 0 Å². The highest BCUT2D eigenvalue weighted by Gasteiger charge is 2.19. The number of aliphatic hydroxyl groups is 2. The molecule has 4 unspecified atom stereocenters. The minimum Gasteiger partial charge on any atom is -0.393 e. The maximum atomic E-state index is 9.53. The van der Waals surface area contributed by atoms with Gasteiger partial charge in [-0.15, -0.1) is 0 Å². The van der Waals surface area contributed by atoms with Gasteiger partial charge >= 0.3 is 0 Å². The van der Waals surface area contributed by atoms with Gasteiger partial charge in [0.2, 0.25) is 0 Å². The Morgan fingerprint density at radius 3 is 1.79 bits per heavy atom. The van der Waals surface area contributed by atoms with E-state index in [4.69, 9.17) is 0 Å². The highest BCUT2D eigenvalue weighted by Crippen LogP contribution is 2.24. The molecule has 14 heavy (non-hydrogen) atoms. The quantitative estimate of drug-likeness (QED) is 0.666. The van der Waals surface area contributed by atoms with E-state index in [0.717, 1.165) is 25.7 Å². The van der Waals surface area contributed by atoms with Gasteiger partial charge in [-0.05, 0) is 38.5 Å². The zero-order valence-corrected chi connectivity index (χ0v) is 10.0. The lowest BCUT2D eigenvalue weighted by molar-refractivity contribution is 0.0906. The molecule has 0 radical (unpaired) electrons. The Morgan fingerprint density at radius 2 is 1.50 bits per heavy atom. The van der Waals surface area contributed by atoms with E-state index in [-0.39, 0.29) is 12.2 Å². The molecule has 0 amide bonds. The maximum absolute atomic E-state index is 9.53. The van der Waals surface area contributed by atoms with Crippen LogP contribution in [0, 0.1) is 11.8 Å². The van der Waals surface area contributed by atoms with Crippen molar-refractivity contribution in [2.45, 2.75) is 65.6 Å².